The summed E-state index contributed by atoms with van der Waals surface area (Å²) >= 11 is 0. The van der Waals surface area contributed by atoms with E-state index in [0.717, 1.165) is 5.75 Å². The van der Waals surface area contributed by atoms with Gasteiger partial charge in [0.2, 0.25) is 0 Å². The number of hydrogen-bond donors (Lipinski definition) is 1. The predicted molar refractivity (Wildman–Crippen MR) is 48.1 cm³/mol. The van der Waals surface area contributed by atoms with Gasteiger partial charge < -0.3 is 4.74 Å². The molecule has 2 heteroatoms. The first-order chi connectivity index (χ1) is 5.95. The molecule has 1 aromatic carbocycles. The summed E-state index contributed by atoms with van der Waals surface area (Å²) in [5, 5.41) is 3.28. The molecule has 0 saturated heterocycles. The van der Waals surface area contributed by atoms with E-state index in [0.29, 0.717) is 12.8 Å². The van der Waals surface area contributed by atoms with Crippen molar-refractivity contribution in [3.05, 3.63) is 30.3 Å². The van der Waals surface area contributed by atoms with Gasteiger partial charge in [0.15, 0.2) is 0 Å². The third-order valence-corrected chi connectivity index (χ3v) is 1.93. The molecular weight excluding hydrogens is 150 g/mol. The van der Waals surface area contributed by atoms with Crippen molar-refractivity contribution in [1.29, 1.82) is 0 Å². The van der Waals surface area contributed by atoms with Crippen LogP contribution in [0, 0.1) is 0 Å². The number of nitrogens with one attached hydrogen (secondary N) is 1. The first-order valence-electron chi connectivity index (χ1n) is 4.36. The molecule has 0 unspecified atom stereocenters. The van der Waals surface area contributed by atoms with Crippen molar-refractivity contribution in [2.24, 2.45) is 0 Å². The molecule has 1 aliphatic rings. The first kappa shape index (κ1) is 7.62. The molecule has 2 nitrogen and oxygen atoms in total. The van der Waals surface area contributed by atoms with E-state index in [1.54, 1.807) is 0 Å². The summed E-state index contributed by atoms with van der Waals surface area (Å²) in [6, 6.07) is 10.6. The molecule has 0 radical (unpaired) electrons. The molecule has 0 aliphatic heterocycles. The van der Waals surface area contributed by atoms with Crippen LogP contribution in [0.1, 0.15) is 12.8 Å². The lowest BCUT2D eigenvalue weighted by atomic mass is 10.3. The first-order valence-corrected chi connectivity index (χ1v) is 4.36. The van der Waals surface area contributed by atoms with Gasteiger partial charge in [0, 0.05) is 6.04 Å². The van der Waals surface area contributed by atoms with Crippen LogP contribution < -0.4 is 10.1 Å². The standard InChI is InChI=1S/C10H13NO/c1-2-4-10(5-3-1)12-8-11-9-6-7-9/h1-5,9,11H,6-8H2. The Morgan fingerprint density at radius 1 is 1.25 bits per heavy atom. The SMILES string of the molecule is c1ccc(OCNC2CC2)cc1. The van der Waals surface area contributed by atoms with Crippen molar-refractivity contribution in [3.63, 3.8) is 0 Å². The van der Waals surface area contributed by atoms with Crippen LogP contribution in [0.2, 0.25) is 0 Å². The fourth-order valence-corrected chi connectivity index (χ4v) is 1.05. The maximum atomic E-state index is 5.45. The van der Waals surface area contributed by atoms with Gasteiger partial charge in [-0.3, -0.25) is 5.32 Å². The molecule has 1 N–H and O–H groups in total. The molecule has 0 spiro atoms. The van der Waals surface area contributed by atoms with E-state index < -0.39 is 0 Å². The lowest BCUT2D eigenvalue weighted by molar-refractivity contribution is 0.282. The van der Waals surface area contributed by atoms with Gasteiger partial charge in [0.25, 0.3) is 0 Å². The van der Waals surface area contributed by atoms with Crippen LogP contribution in [0.15, 0.2) is 30.3 Å². The molecule has 1 saturated carbocycles. The lowest BCUT2D eigenvalue weighted by Gasteiger charge is -2.05. The van der Waals surface area contributed by atoms with Gasteiger partial charge in [-0.25, -0.2) is 0 Å². The number of rotatable bonds is 4. The second-order valence-corrected chi connectivity index (χ2v) is 3.08. The Morgan fingerprint density at radius 3 is 2.67 bits per heavy atom. The molecule has 0 amide bonds. The highest BCUT2D eigenvalue weighted by Gasteiger charge is 2.19. The van der Waals surface area contributed by atoms with Crippen LogP contribution in [0.4, 0.5) is 0 Å². The lowest BCUT2D eigenvalue weighted by Crippen LogP contribution is -2.21. The zero-order valence-corrected chi connectivity index (χ0v) is 6.99. The summed E-state index contributed by atoms with van der Waals surface area (Å²) in [6.07, 6.45) is 2.61. The molecule has 1 fully saturated rings. The monoisotopic (exact) mass is 163 g/mol. The number of benzene rings is 1. The Kier molecular flexibility index (Phi) is 2.28. The Bertz CT molecular complexity index is 231. The minimum absolute atomic E-state index is 0.634. The molecule has 0 bridgehead atoms. The Morgan fingerprint density at radius 2 is 2.00 bits per heavy atom. The van der Waals surface area contributed by atoms with Crippen molar-refractivity contribution in [3.8, 4) is 5.75 Å². The third kappa shape index (κ3) is 2.24. The molecule has 1 aromatic rings. The van der Waals surface area contributed by atoms with Gasteiger partial charge in [0.1, 0.15) is 12.5 Å². The number of hydrogen-bond acceptors (Lipinski definition) is 2. The van der Waals surface area contributed by atoms with Crippen LogP contribution in [0.3, 0.4) is 0 Å². The minimum Gasteiger partial charge on any atom is -0.478 e. The van der Waals surface area contributed by atoms with E-state index in [1.165, 1.54) is 12.8 Å². The molecule has 0 aromatic heterocycles. The van der Waals surface area contributed by atoms with Crippen molar-refractivity contribution < 1.29 is 4.74 Å². The van der Waals surface area contributed by atoms with Crippen LogP contribution in [-0.2, 0) is 0 Å². The van der Waals surface area contributed by atoms with E-state index in [-0.39, 0.29) is 0 Å². The zero-order valence-electron chi connectivity index (χ0n) is 6.99. The van der Waals surface area contributed by atoms with E-state index in [9.17, 15) is 0 Å². The predicted octanol–water partition coefficient (Wildman–Crippen LogP) is 1.77. The maximum Gasteiger partial charge on any atom is 0.139 e. The molecule has 2 rings (SSSR count). The largest absolute Gasteiger partial charge is 0.478 e. The number of ether oxygens (including phenoxy) is 1. The van der Waals surface area contributed by atoms with Crippen LogP contribution in [0.25, 0.3) is 0 Å². The highest BCUT2D eigenvalue weighted by atomic mass is 16.5. The molecule has 12 heavy (non-hydrogen) atoms. The normalized spacial score (nSPS) is 16.0. The van der Waals surface area contributed by atoms with E-state index >= 15 is 0 Å². The summed E-state index contributed by atoms with van der Waals surface area (Å²) < 4.78 is 5.45. The van der Waals surface area contributed by atoms with Crippen molar-refractivity contribution in [2.45, 2.75) is 18.9 Å². The molecule has 1 aliphatic carbocycles. The molecular formula is C10H13NO. The van der Waals surface area contributed by atoms with Gasteiger partial charge in [-0.1, -0.05) is 18.2 Å². The molecule has 0 heterocycles. The Hall–Kier alpha value is -1.02. The average molecular weight is 163 g/mol. The van der Waals surface area contributed by atoms with Crippen LogP contribution in [-0.4, -0.2) is 12.8 Å². The van der Waals surface area contributed by atoms with Crippen molar-refractivity contribution in [1.82, 2.24) is 5.32 Å². The summed E-state index contributed by atoms with van der Waals surface area (Å²) in [6.45, 7) is 0.634. The number of para-hydroxylation sites is 1. The fraction of sp³-hybridized carbons (Fsp3) is 0.400. The van der Waals surface area contributed by atoms with Crippen LogP contribution in [0.5, 0.6) is 5.75 Å². The van der Waals surface area contributed by atoms with Crippen molar-refractivity contribution in [2.75, 3.05) is 6.73 Å². The smallest absolute Gasteiger partial charge is 0.139 e. The van der Waals surface area contributed by atoms with Crippen LogP contribution >= 0.6 is 0 Å². The van der Waals surface area contributed by atoms with E-state index in [2.05, 4.69) is 5.32 Å². The topological polar surface area (TPSA) is 21.3 Å². The quantitative estimate of drug-likeness (QED) is 0.683. The summed E-state index contributed by atoms with van der Waals surface area (Å²) in [5.41, 5.74) is 0. The second-order valence-electron chi connectivity index (χ2n) is 3.08. The van der Waals surface area contributed by atoms with Gasteiger partial charge in [-0.15, -0.1) is 0 Å². The van der Waals surface area contributed by atoms with Gasteiger partial charge in [-0.2, -0.15) is 0 Å². The molecule has 0 atom stereocenters. The average Bonchev–Trinajstić information content (AvgIpc) is 2.90. The van der Waals surface area contributed by atoms with Gasteiger partial charge in [0.05, 0.1) is 0 Å². The van der Waals surface area contributed by atoms with E-state index in [4.69, 9.17) is 4.74 Å². The summed E-state index contributed by atoms with van der Waals surface area (Å²) in [4.78, 5) is 0. The summed E-state index contributed by atoms with van der Waals surface area (Å²) in [7, 11) is 0. The second kappa shape index (κ2) is 3.59. The van der Waals surface area contributed by atoms with E-state index in [1.807, 2.05) is 30.3 Å². The molecule has 64 valence electrons. The zero-order chi connectivity index (χ0) is 8.23. The fourth-order valence-electron chi connectivity index (χ4n) is 1.05. The maximum absolute atomic E-state index is 5.45. The Balaban J connectivity index is 1.72. The summed E-state index contributed by atoms with van der Waals surface area (Å²) in [5.74, 6) is 0.936. The van der Waals surface area contributed by atoms with Gasteiger partial charge in [-0.05, 0) is 25.0 Å². The van der Waals surface area contributed by atoms with Crippen molar-refractivity contribution >= 4 is 0 Å². The van der Waals surface area contributed by atoms with Gasteiger partial charge >= 0.3 is 0 Å². The third-order valence-electron chi connectivity index (χ3n) is 1.93. The minimum atomic E-state index is 0.634. The highest BCUT2D eigenvalue weighted by Crippen LogP contribution is 2.18. The Labute approximate surface area is 72.5 Å². The highest BCUT2D eigenvalue weighted by molar-refractivity contribution is 5.20.